The SMILES string of the molecule is Cc1cc(C(=O)NCCOc2ccccc2-c2ccccc2)nn1-c1ccccc1. The Morgan fingerprint density at radius 2 is 1.60 bits per heavy atom. The van der Waals surface area contributed by atoms with E-state index in [1.165, 1.54) is 0 Å². The Morgan fingerprint density at radius 1 is 0.933 bits per heavy atom. The highest BCUT2D eigenvalue weighted by Gasteiger charge is 2.13. The van der Waals surface area contributed by atoms with Crippen LogP contribution < -0.4 is 10.1 Å². The molecule has 0 aliphatic rings. The molecule has 30 heavy (non-hydrogen) atoms. The molecule has 1 amide bonds. The number of carbonyl (C=O) groups excluding carboxylic acids is 1. The molecular formula is C25H23N3O2. The van der Waals surface area contributed by atoms with Crippen molar-refractivity contribution < 1.29 is 9.53 Å². The van der Waals surface area contributed by atoms with E-state index in [1.807, 2.05) is 79.7 Å². The average molecular weight is 397 g/mol. The molecule has 1 aromatic heterocycles. The number of nitrogens with one attached hydrogen (secondary N) is 1. The number of hydrogen-bond donors (Lipinski definition) is 1. The van der Waals surface area contributed by atoms with Gasteiger partial charge in [-0.15, -0.1) is 0 Å². The van der Waals surface area contributed by atoms with Crippen molar-refractivity contribution in [3.63, 3.8) is 0 Å². The Bertz CT molecular complexity index is 1120. The standard InChI is InChI=1S/C25H23N3O2/c1-19-18-23(27-28(19)21-12-6-3-7-13-21)25(29)26-16-17-30-24-15-9-8-14-22(24)20-10-4-2-5-11-20/h2-15,18H,16-17H2,1H3,(H,26,29). The number of aryl methyl sites for hydroxylation is 1. The van der Waals surface area contributed by atoms with Crippen molar-refractivity contribution in [1.82, 2.24) is 15.1 Å². The first-order chi connectivity index (χ1) is 14.7. The minimum absolute atomic E-state index is 0.215. The van der Waals surface area contributed by atoms with Crippen molar-refractivity contribution >= 4 is 5.91 Å². The van der Waals surface area contributed by atoms with Gasteiger partial charge < -0.3 is 10.1 Å². The van der Waals surface area contributed by atoms with Crippen molar-refractivity contribution in [3.05, 3.63) is 102 Å². The first-order valence-electron chi connectivity index (χ1n) is 9.90. The van der Waals surface area contributed by atoms with Crippen LogP contribution in [-0.2, 0) is 0 Å². The second-order valence-corrected chi connectivity index (χ2v) is 6.88. The van der Waals surface area contributed by atoms with Crippen LogP contribution in [0.25, 0.3) is 16.8 Å². The van der Waals surface area contributed by atoms with Gasteiger partial charge in [-0.05, 0) is 36.8 Å². The van der Waals surface area contributed by atoms with Gasteiger partial charge in [-0.2, -0.15) is 5.10 Å². The Morgan fingerprint density at radius 3 is 2.37 bits per heavy atom. The summed E-state index contributed by atoms with van der Waals surface area (Å²) in [6, 6.07) is 29.5. The number of para-hydroxylation sites is 2. The molecule has 0 spiro atoms. The van der Waals surface area contributed by atoms with Gasteiger partial charge in [-0.1, -0.05) is 66.7 Å². The van der Waals surface area contributed by atoms with Crippen molar-refractivity contribution in [2.45, 2.75) is 6.92 Å². The van der Waals surface area contributed by atoms with E-state index < -0.39 is 0 Å². The molecule has 0 aliphatic heterocycles. The Kier molecular flexibility index (Phi) is 5.90. The fourth-order valence-corrected chi connectivity index (χ4v) is 3.28. The topological polar surface area (TPSA) is 56.1 Å². The summed E-state index contributed by atoms with van der Waals surface area (Å²) in [4.78, 5) is 12.5. The molecule has 1 heterocycles. The molecule has 3 aromatic carbocycles. The molecule has 0 fully saturated rings. The van der Waals surface area contributed by atoms with Gasteiger partial charge in [-0.3, -0.25) is 4.79 Å². The first kappa shape index (κ1) is 19.5. The van der Waals surface area contributed by atoms with Crippen molar-refractivity contribution in [3.8, 4) is 22.6 Å². The minimum Gasteiger partial charge on any atom is -0.491 e. The van der Waals surface area contributed by atoms with Gasteiger partial charge in [0.25, 0.3) is 5.91 Å². The lowest BCUT2D eigenvalue weighted by atomic mass is 10.1. The first-order valence-corrected chi connectivity index (χ1v) is 9.90. The molecule has 0 atom stereocenters. The Labute approximate surface area is 175 Å². The monoisotopic (exact) mass is 397 g/mol. The van der Waals surface area contributed by atoms with Crippen LogP contribution in [0.3, 0.4) is 0 Å². The third-order valence-electron chi connectivity index (χ3n) is 4.74. The van der Waals surface area contributed by atoms with E-state index in [0.29, 0.717) is 18.8 Å². The van der Waals surface area contributed by atoms with Gasteiger partial charge in [0.2, 0.25) is 0 Å². The third kappa shape index (κ3) is 4.41. The molecule has 150 valence electrons. The van der Waals surface area contributed by atoms with Gasteiger partial charge in [0, 0.05) is 11.3 Å². The summed E-state index contributed by atoms with van der Waals surface area (Å²) in [6.07, 6.45) is 0. The van der Waals surface area contributed by atoms with Crippen LogP contribution in [0.1, 0.15) is 16.2 Å². The van der Waals surface area contributed by atoms with E-state index in [1.54, 1.807) is 10.7 Å². The quantitative estimate of drug-likeness (QED) is 0.462. The van der Waals surface area contributed by atoms with Gasteiger partial charge >= 0.3 is 0 Å². The normalized spacial score (nSPS) is 10.6. The second kappa shape index (κ2) is 9.09. The van der Waals surface area contributed by atoms with E-state index in [-0.39, 0.29) is 5.91 Å². The average Bonchev–Trinajstić information content (AvgIpc) is 3.20. The lowest BCUT2D eigenvalue weighted by molar-refractivity contribution is 0.0941. The number of rotatable bonds is 7. The zero-order valence-corrected chi connectivity index (χ0v) is 16.8. The molecule has 1 N–H and O–H groups in total. The number of benzene rings is 3. The van der Waals surface area contributed by atoms with Crippen molar-refractivity contribution in [2.24, 2.45) is 0 Å². The van der Waals surface area contributed by atoms with Crippen LogP contribution in [-0.4, -0.2) is 28.8 Å². The van der Waals surface area contributed by atoms with Crippen LogP contribution >= 0.6 is 0 Å². The maximum Gasteiger partial charge on any atom is 0.271 e. The van der Waals surface area contributed by atoms with Gasteiger partial charge in [0.15, 0.2) is 5.69 Å². The lowest BCUT2D eigenvalue weighted by Crippen LogP contribution is -2.28. The van der Waals surface area contributed by atoms with E-state index in [2.05, 4.69) is 22.5 Å². The highest BCUT2D eigenvalue weighted by Crippen LogP contribution is 2.29. The van der Waals surface area contributed by atoms with E-state index >= 15 is 0 Å². The van der Waals surface area contributed by atoms with E-state index in [4.69, 9.17) is 4.74 Å². The van der Waals surface area contributed by atoms with Crippen LogP contribution in [0, 0.1) is 6.92 Å². The molecule has 5 heteroatoms. The van der Waals surface area contributed by atoms with Crippen molar-refractivity contribution in [1.29, 1.82) is 0 Å². The predicted molar refractivity (Wildman–Crippen MR) is 118 cm³/mol. The number of amides is 1. The molecule has 0 aliphatic carbocycles. The smallest absolute Gasteiger partial charge is 0.271 e. The third-order valence-corrected chi connectivity index (χ3v) is 4.74. The fraction of sp³-hybridized carbons (Fsp3) is 0.120. The zero-order valence-electron chi connectivity index (χ0n) is 16.8. The number of ether oxygens (including phenoxy) is 1. The molecular weight excluding hydrogens is 374 g/mol. The van der Waals surface area contributed by atoms with Crippen LogP contribution in [0.4, 0.5) is 0 Å². The molecule has 0 bridgehead atoms. The van der Waals surface area contributed by atoms with Crippen LogP contribution in [0.2, 0.25) is 0 Å². The molecule has 4 rings (SSSR count). The Balaban J connectivity index is 1.36. The van der Waals surface area contributed by atoms with Gasteiger partial charge in [0.1, 0.15) is 12.4 Å². The predicted octanol–water partition coefficient (Wildman–Crippen LogP) is 4.66. The van der Waals surface area contributed by atoms with Crippen molar-refractivity contribution in [2.75, 3.05) is 13.2 Å². The second-order valence-electron chi connectivity index (χ2n) is 6.88. The molecule has 0 unspecified atom stereocenters. The maximum absolute atomic E-state index is 12.5. The summed E-state index contributed by atoms with van der Waals surface area (Å²) in [7, 11) is 0. The number of aromatic nitrogens is 2. The van der Waals surface area contributed by atoms with E-state index in [0.717, 1.165) is 28.3 Å². The summed E-state index contributed by atoms with van der Waals surface area (Å²) in [5, 5.41) is 7.32. The highest BCUT2D eigenvalue weighted by molar-refractivity contribution is 5.92. The maximum atomic E-state index is 12.5. The fourth-order valence-electron chi connectivity index (χ4n) is 3.28. The lowest BCUT2D eigenvalue weighted by Gasteiger charge is -2.12. The largest absolute Gasteiger partial charge is 0.491 e. The Hall–Kier alpha value is -3.86. The number of carbonyl (C=O) groups is 1. The molecule has 0 saturated heterocycles. The molecule has 0 saturated carbocycles. The minimum atomic E-state index is -0.215. The number of hydrogen-bond acceptors (Lipinski definition) is 3. The summed E-state index contributed by atoms with van der Waals surface area (Å²) >= 11 is 0. The van der Waals surface area contributed by atoms with E-state index in [9.17, 15) is 4.79 Å². The molecule has 4 aromatic rings. The molecule has 0 radical (unpaired) electrons. The van der Waals surface area contributed by atoms with Gasteiger partial charge in [0.05, 0.1) is 12.2 Å². The summed E-state index contributed by atoms with van der Waals surface area (Å²) in [5.74, 6) is 0.579. The summed E-state index contributed by atoms with van der Waals surface area (Å²) in [6.45, 7) is 2.69. The van der Waals surface area contributed by atoms with Crippen LogP contribution in [0.15, 0.2) is 91.0 Å². The summed E-state index contributed by atoms with van der Waals surface area (Å²) in [5.41, 5.74) is 4.34. The highest BCUT2D eigenvalue weighted by atomic mass is 16.5. The zero-order chi connectivity index (χ0) is 20.8. The van der Waals surface area contributed by atoms with Crippen LogP contribution in [0.5, 0.6) is 5.75 Å². The summed E-state index contributed by atoms with van der Waals surface area (Å²) < 4.78 is 7.70. The number of nitrogens with zero attached hydrogens (tertiary/aromatic N) is 2. The molecule has 5 nitrogen and oxygen atoms in total. The van der Waals surface area contributed by atoms with Gasteiger partial charge in [-0.25, -0.2) is 4.68 Å².